The summed E-state index contributed by atoms with van der Waals surface area (Å²) in [5, 5.41) is 9.94. The number of para-hydroxylation sites is 1. The SMILES string of the molecule is Cc1c(NC(=O)c2cc3c(s2)CCCC3)cccc1-c1cn(C)c(=O)c(Nc2ccc(N3CCC(C(N)=O)CC3)c(Nc3ccccc3)c2)n1. The van der Waals surface area contributed by atoms with Gasteiger partial charge in [-0.15, -0.1) is 11.3 Å². The zero-order valence-electron chi connectivity index (χ0n) is 28.3. The number of nitrogens with one attached hydrogen (secondary N) is 3. The fourth-order valence-electron chi connectivity index (χ4n) is 6.86. The number of aryl methyl sites for hydroxylation is 3. The van der Waals surface area contributed by atoms with Crippen molar-refractivity contribution >= 4 is 57.4 Å². The van der Waals surface area contributed by atoms with Crippen LogP contribution in [-0.4, -0.2) is 34.5 Å². The second-order valence-corrected chi connectivity index (χ2v) is 14.2. The number of amides is 2. The van der Waals surface area contributed by atoms with Gasteiger partial charge < -0.3 is 31.2 Å². The van der Waals surface area contributed by atoms with Crippen LogP contribution >= 0.6 is 11.3 Å². The summed E-state index contributed by atoms with van der Waals surface area (Å²) < 4.78 is 1.52. The molecule has 5 N–H and O–H groups in total. The van der Waals surface area contributed by atoms with Crippen LogP contribution in [0.4, 0.5) is 34.3 Å². The Bertz CT molecular complexity index is 2090. The third kappa shape index (κ3) is 7.00. The molecule has 0 radical (unpaired) electrons. The number of piperidine rings is 1. The molecule has 50 heavy (non-hydrogen) atoms. The minimum atomic E-state index is -0.271. The number of anilines is 6. The Morgan fingerprint density at radius 3 is 2.44 bits per heavy atom. The van der Waals surface area contributed by atoms with Gasteiger partial charge in [-0.25, -0.2) is 4.98 Å². The lowest BCUT2D eigenvalue weighted by atomic mass is 9.95. The Kier molecular flexibility index (Phi) is 9.40. The number of rotatable bonds is 9. The van der Waals surface area contributed by atoms with E-state index >= 15 is 0 Å². The molecule has 0 bridgehead atoms. The highest BCUT2D eigenvalue weighted by molar-refractivity contribution is 7.14. The van der Waals surface area contributed by atoms with Gasteiger partial charge in [0.2, 0.25) is 5.91 Å². The summed E-state index contributed by atoms with van der Waals surface area (Å²) in [6.07, 6.45) is 7.55. The predicted octanol–water partition coefficient (Wildman–Crippen LogP) is 7.14. The average Bonchev–Trinajstić information content (AvgIpc) is 3.57. The number of thiophene rings is 1. The van der Waals surface area contributed by atoms with Crippen molar-refractivity contribution in [2.75, 3.05) is 33.9 Å². The molecule has 1 fully saturated rings. The molecule has 2 amide bonds. The topological polar surface area (TPSA) is 134 Å². The highest BCUT2D eigenvalue weighted by Gasteiger charge is 2.25. The van der Waals surface area contributed by atoms with Gasteiger partial charge in [-0.2, -0.15) is 0 Å². The van der Waals surface area contributed by atoms with Crippen molar-refractivity contribution in [2.24, 2.45) is 18.7 Å². The van der Waals surface area contributed by atoms with E-state index in [1.807, 2.05) is 79.7 Å². The summed E-state index contributed by atoms with van der Waals surface area (Å²) >= 11 is 1.59. The Morgan fingerprint density at radius 2 is 1.68 bits per heavy atom. The largest absolute Gasteiger partial charge is 0.370 e. The van der Waals surface area contributed by atoms with Crippen molar-refractivity contribution in [3.63, 3.8) is 0 Å². The van der Waals surface area contributed by atoms with Gasteiger partial charge in [0.1, 0.15) is 0 Å². The van der Waals surface area contributed by atoms with Gasteiger partial charge in [-0.3, -0.25) is 14.4 Å². The summed E-state index contributed by atoms with van der Waals surface area (Å²) in [5.74, 6) is -0.282. The summed E-state index contributed by atoms with van der Waals surface area (Å²) in [7, 11) is 1.71. The average molecular weight is 688 g/mol. The quantitative estimate of drug-likeness (QED) is 0.129. The number of benzene rings is 3. The van der Waals surface area contributed by atoms with Crippen molar-refractivity contribution in [1.29, 1.82) is 0 Å². The highest BCUT2D eigenvalue weighted by atomic mass is 32.1. The minimum absolute atomic E-state index is 0.110. The number of nitrogens with zero attached hydrogens (tertiary/aromatic N) is 3. The van der Waals surface area contributed by atoms with Crippen molar-refractivity contribution in [3.8, 4) is 11.3 Å². The lowest BCUT2D eigenvalue weighted by molar-refractivity contribution is -0.122. The van der Waals surface area contributed by atoms with E-state index in [-0.39, 0.29) is 29.1 Å². The van der Waals surface area contributed by atoms with Gasteiger partial charge in [0.05, 0.1) is 21.9 Å². The molecule has 0 unspecified atom stereocenters. The van der Waals surface area contributed by atoms with Gasteiger partial charge >= 0.3 is 0 Å². The lowest BCUT2D eigenvalue weighted by Crippen LogP contribution is -2.38. The van der Waals surface area contributed by atoms with Gasteiger partial charge in [0, 0.05) is 59.8 Å². The number of nitrogens with two attached hydrogens (primary N) is 1. The number of hydrogen-bond acceptors (Lipinski definition) is 8. The van der Waals surface area contributed by atoms with Crippen molar-refractivity contribution in [1.82, 2.24) is 9.55 Å². The first-order valence-electron chi connectivity index (χ1n) is 17.1. The monoisotopic (exact) mass is 687 g/mol. The number of fused-ring (bicyclic) bond motifs is 1. The fourth-order valence-corrected chi connectivity index (χ4v) is 8.01. The van der Waals surface area contributed by atoms with Crippen LogP contribution in [0.25, 0.3) is 11.3 Å². The van der Waals surface area contributed by atoms with Crippen molar-refractivity contribution in [3.05, 3.63) is 110 Å². The second-order valence-electron chi connectivity index (χ2n) is 13.1. The Labute approximate surface area is 295 Å². The molecule has 1 saturated heterocycles. The number of hydrogen-bond donors (Lipinski definition) is 4. The zero-order chi connectivity index (χ0) is 34.8. The van der Waals surface area contributed by atoms with Crippen LogP contribution in [0.15, 0.2) is 83.8 Å². The van der Waals surface area contributed by atoms with E-state index in [2.05, 4.69) is 20.9 Å². The third-order valence-electron chi connectivity index (χ3n) is 9.70. The molecule has 5 aromatic rings. The molecule has 256 valence electrons. The standard InChI is InChI=1S/C39H41N7O3S/c1-24-29(12-8-13-30(24)44-38(48)35-21-26-9-6-7-14-34(26)50-35)32-23-45(2)39(49)37(43-32)42-28-15-16-33(46-19-17-25(18-20-46)36(40)47)31(22-28)41-27-10-4-3-5-11-27/h3-5,8,10-13,15-16,21-23,25,41H,6-7,9,14,17-20H2,1-2H3,(H2,40,47)(H,42,43)(H,44,48). The van der Waals surface area contributed by atoms with Crippen LogP contribution in [0.1, 0.15) is 51.4 Å². The van der Waals surface area contributed by atoms with Crippen LogP contribution in [0.2, 0.25) is 0 Å². The molecule has 3 heterocycles. The van der Waals surface area contributed by atoms with E-state index in [0.29, 0.717) is 43.0 Å². The minimum Gasteiger partial charge on any atom is -0.370 e. The summed E-state index contributed by atoms with van der Waals surface area (Å²) in [6, 6.07) is 23.6. The Hall–Kier alpha value is -5.42. The number of aromatic nitrogens is 2. The Morgan fingerprint density at radius 1 is 0.900 bits per heavy atom. The summed E-state index contributed by atoms with van der Waals surface area (Å²) in [5.41, 5.74) is 13.1. The van der Waals surface area contributed by atoms with Crippen LogP contribution < -0.4 is 32.1 Å². The lowest BCUT2D eigenvalue weighted by Gasteiger charge is -2.34. The molecule has 10 nitrogen and oxygen atoms in total. The predicted molar refractivity (Wildman–Crippen MR) is 202 cm³/mol. The number of carbonyl (C=O) groups is 2. The van der Waals surface area contributed by atoms with Crippen molar-refractivity contribution < 1.29 is 9.59 Å². The van der Waals surface area contributed by atoms with E-state index in [9.17, 15) is 14.4 Å². The summed E-state index contributed by atoms with van der Waals surface area (Å²) in [4.78, 5) is 47.6. The van der Waals surface area contributed by atoms with Crippen molar-refractivity contribution in [2.45, 2.75) is 45.4 Å². The molecular formula is C39H41N7O3S. The first-order chi connectivity index (χ1) is 24.2. The van der Waals surface area contributed by atoms with E-state index in [0.717, 1.165) is 45.9 Å². The van der Waals surface area contributed by atoms with Crippen LogP contribution in [0.5, 0.6) is 0 Å². The van der Waals surface area contributed by atoms with Gasteiger partial charge in [0.15, 0.2) is 5.82 Å². The molecule has 0 saturated carbocycles. The molecule has 1 aliphatic carbocycles. The maximum absolute atomic E-state index is 13.4. The Balaban J connectivity index is 1.16. The van der Waals surface area contributed by atoms with Gasteiger partial charge in [0.25, 0.3) is 11.5 Å². The molecule has 2 aromatic heterocycles. The molecule has 11 heteroatoms. The van der Waals surface area contributed by atoms with E-state index in [4.69, 9.17) is 10.7 Å². The molecular weight excluding hydrogens is 647 g/mol. The maximum Gasteiger partial charge on any atom is 0.293 e. The normalized spacial score (nSPS) is 14.6. The van der Waals surface area contributed by atoms with Gasteiger partial charge in [-0.1, -0.05) is 30.3 Å². The molecule has 1 aliphatic heterocycles. The fraction of sp³-hybridized carbons (Fsp3) is 0.282. The second kappa shape index (κ2) is 14.2. The first-order valence-corrected chi connectivity index (χ1v) is 17.9. The molecule has 2 aliphatic rings. The van der Waals surface area contributed by atoms with Crippen LogP contribution in [0, 0.1) is 12.8 Å². The third-order valence-corrected chi connectivity index (χ3v) is 10.9. The highest BCUT2D eigenvalue weighted by Crippen LogP contribution is 2.36. The van der Waals surface area contributed by atoms with E-state index in [1.54, 1.807) is 24.6 Å². The van der Waals surface area contributed by atoms with Crippen LogP contribution in [-0.2, 0) is 24.7 Å². The first kappa shape index (κ1) is 33.1. The number of primary amides is 1. The smallest absolute Gasteiger partial charge is 0.293 e. The molecule has 0 atom stereocenters. The van der Waals surface area contributed by atoms with E-state index < -0.39 is 0 Å². The number of carbonyl (C=O) groups excluding carboxylic acids is 2. The summed E-state index contributed by atoms with van der Waals surface area (Å²) in [6.45, 7) is 3.38. The van der Waals surface area contributed by atoms with E-state index in [1.165, 1.54) is 27.8 Å². The molecule has 3 aromatic carbocycles. The maximum atomic E-state index is 13.4. The van der Waals surface area contributed by atoms with Crippen LogP contribution in [0.3, 0.4) is 0 Å². The molecule has 0 spiro atoms. The van der Waals surface area contributed by atoms with Gasteiger partial charge in [-0.05, 0) is 99.0 Å². The zero-order valence-corrected chi connectivity index (χ0v) is 29.1. The molecule has 7 rings (SSSR count).